The van der Waals surface area contributed by atoms with Crippen LogP contribution in [0.3, 0.4) is 0 Å². The molecule has 2 aromatic carbocycles. The van der Waals surface area contributed by atoms with Crippen molar-refractivity contribution in [3.05, 3.63) is 69.7 Å². The van der Waals surface area contributed by atoms with Gasteiger partial charge in [0.2, 0.25) is 11.8 Å². The number of hydrogen-bond donors (Lipinski definition) is 1. The maximum absolute atomic E-state index is 13.1. The molecule has 0 bridgehead atoms. The summed E-state index contributed by atoms with van der Waals surface area (Å²) in [6.45, 7) is 5.83. The largest absolute Gasteiger partial charge is 0.352 e. The van der Waals surface area contributed by atoms with Gasteiger partial charge in [0.25, 0.3) is 0 Å². The van der Waals surface area contributed by atoms with E-state index in [-0.39, 0.29) is 30.8 Å². The number of amides is 2. The third kappa shape index (κ3) is 5.98. The van der Waals surface area contributed by atoms with Gasteiger partial charge in [0.05, 0.1) is 6.42 Å². The van der Waals surface area contributed by atoms with Crippen LogP contribution in [0.4, 0.5) is 0 Å². The van der Waals surface area contributed by atoms with Crippen molar-refractivity contribution in [2.75, 3.05) is 0 Å². The molecule has 0 saturated carbocycles. The molecule has 1 N–H and O–H groups in total. The Bertz CT molecular complexity index is 791. The summed E-state index contributed by atoms with van der Waals surface area (Å²) >= 11 is 12.6. The molecule has 0 fully saturated rings. The Morgan fingerprint density at radius 1 is 1.00 bits per heavy atom. The first-order valence-corrected chi connectivity index (χ1v) is 10.2. The Kier molecular flexibility index (Phi) is 8.34. The van der Waals surface area contributed by atoms with Gasteiger partial charge in [-0.15, -0.1) is 0 Å². The Morgan fingerprint density at radius 3 is 2.18 bits per heavy atom. The highest BCUT2D eigenvalue weighted by molar-refractivity contribution is 6.36. The minimum atomic E-state index is -0.655. The molecule has 0 aromatic heterocycles. The van der Waals surface area contributed by atoms with Crippen LogP contribution in [0.5, 0.6) is 0 Å². The van der Waals surface area contributed by atoms with Crippen molar-refractivity contribution in [1.82, 2.24) is 10.2 Å². The van der Waals surface area contributed by atoms with Crippen LogP contribution in [0.2, 0.25) is 10.0 Å². The van der Waals surface area contributed by atoms with Gasteiger partial charge >= 0.3 is 0 Å². The maximum atomic E-state index is 13.1. The third-order valence-corrected chi connectivity index (χ3v) is 5.46. The lowest BCUT2D eigenvalue weighted by Crippen LogP contribution is -2.50. The fraction of sp³-hybridized carbons (Fsp3) is 0.364. The Hall–Kier alpha value is -2.04. The summed E-state index contributed by atoms with van der Waals surface area (Å²) in [7, 11) is 0. The predicted octanol–water partition coefficient (Wildman–Crippen LogP) is 4.87. The molecule has 28 heavy (non-hydrogen) atoms. The quantitative estimate of drug-likeness (QED) is 0.661. The molecule has 150 valence electrons. The van der Waals surface area contributed by atoms with Gasteiger partial charge in [-0.1, -0.05) is 66.5 Å². The average molecular weight is 421 g/mol. The summed E-state index contributed by atoms with van der Waals surface area (Å²) in [5.74, 6) is -0.354. The molecule has 0 aliphatic rings. The van der Waals surface area contributed by atoms with E-state index in [9.17, 15) is 9.59 Å². The molecule has 0 heterocycles. The molecule has 2 amide bonds. The van der Waals surface area contributed by atoms with E-state index in [0.29, 0.717) is 15.6 Å². The van der Waals surface area contributed by atoms with Gasteiger partial charge in [0.1, 0.15) is 6.04 Å². The Labute approximate surface area is 176 Å². The van der Waals surface area contributed by atoms with E-state index in [1.165, 1.54) is 4.90 Å². The van der Waals surface area contributed by atoms with Gasteiger partial charge in [0.15, 0.2) is 0 Å². The van der Waals surface area contributed by atoms with Gasteiger partial charge in [-0.2, -0.15) is 0 Å². The third-order valence-electron chi connectivity index (χ3n) is 4.76. The molecule has 0 unspecified atom stereocenters. The van der Waals surface area contributed by atoms with Crippen molar-refractivity contribution >= 4 is 35.0 Å². The van der Waals surface area contributed by atoms with Crippen molar-refractivity contribution in [1.29, 1.82) is 0 Å². The van der Waals surface area contributed by atoms with Gasteiger partial charge in [-0.05, 0) is 38.0 Å². The Balaban J connectivity index is 2.28. The van der Waals surface area contributed by atoms with Gasteiger partial charge in [-0.3, -0.25) is 9.59 Å². The SMILES string of the molecule is CC[C@H](C)NC(=O)[C@@H](C)N(Cc1c(Cl)cccc1Cl)C(=O)Cc1ccccc1. The van der Waals surface area contributed by atoms with E-state index >= 15 is 0 Å². The number of rotatable bonds is 8. The lowest BCUT2D eigenvalue weighted by molar-refractivity contribution is -0.140. The molecule has 2 rings (SSSR count). The second-order valence-electron chi connectivity index (χ2n) is 6.88. The number of halogens is 2. The highest BCUT2D eigenvalue weighted by Gasteiger charge is 2.28. The molecule has 0 aliphatic heterocycles. The summed E-state index contributed by atoms with van der Waals surface area (Å²) < 4.78 is 0. The van der Waals surface area contributed by atoms with Crippen LogP contribution in [0.25, 0.3) is 0 Å². The standard InChI is InChI=1S/C22H26Cl2N2O2/c1-4-15(2)25-22(28)16(3)26(14-18-19(23)11-8-12-20(18)24)21(27)13-17-9-6-5-7-10-17/h5-12,15-16H,4,13-14H2,1-3H3,(H,25,28)/t15-,16+/m0/s1. The van der Waals surface area contributed by atoms with E-state index in [1.807, 2.05) is 44.2 Å². The molecular weight excluding hydrogens is 395 g/mol. The van der Waals surface area contributed by atoms with Crippen molar-refractivity contribution in [2.45, 2.75) is 52.2 Å². The molecule has 0 spiro atoms. The monoisotopic (exact) mass is 420 g/mol. The highest BCUT2D eigenvalue weighted by Crippen LogP contribution is 2.27. The normalized spacial score (nSPS) is 12.9. The number of benzene rings is 2. The van der Waals surface area contributed by atoms with Crippen molar-refractivity contribution in [3.8, 4) is 0 Å². The van der Waals surface area contributed by atoms with Crippen LogP contribution < -0.4 is 5.32 Å². The first kappa shape index (κ1) is 22.3. The van der Waals surface area contributed by atoms with Crippen LogP contribution in [0.15, 0.2) is 48.5 Å². The van der Waals surface area contributed by atoms with E-state index < -0.39 is 6.04 Å². The summed E-state index contributed by atoms with van der Waals surface area (Å²) in [6.07, 6.45) is 1.01. The molecule has 4 nitrogen and oxygen atoms in total. The number of hydrogen-bond acceptors (Lipinski definition) is 2. The fourth-order valence-corrected chi connectivity index (χ4v) is 3.29. The molecule has 2 aromatic rings. The van der Waals surface area contributed by atoms with Crippen LogP contribution >= 0.6 is 23.2 Å². The van der Waals surface area contributed by atoms with Gasteiger partial charge in [-0.25, -0.2) is 0 Å². The van der Waals surface area contributed by atoms with Crippen molar-refractivity contribution in [3.63, 3.8) is 0 Å². The Morgan fingerprint density at radius 2 is 1.61 bits per heavy atom. The zero-order valence-electron chi connectivity index (χ0n) is 16.4. The average Bonchev–Trinajstić information content (AvgIpc) is 2.67. The summed E-state index contributed by atoms with van der Waals surface area (Å²) in [6, 6.07) is 14.0. The summed E-state index contributed by atoms with van der Waals surface area (Å²) in [4.78, 5) is 27.3. The first-order valence-electron chi connectivity index (χ1n) is 9.40. The van der Waals surface area contributed by atoms with E-state index in [2.05, 4.69) is 5.32 Å². The highest BCUT2D eigenvalue weighted by atomic mass is 35.5. The number of carbonyl (C=O) groups excluding carboxylic acids is 2. The van der Waals surface area contributed by atoms with Crippen LogP contribution in [0.1, 0.15) is 38.3 Å². The van der Waals surface area contributed by atoms with E-state index in [0.717, 1.165) is 12.0 Å². The molecule has 0 radical (unpaired) electrons. The van der Waals surface area contributed by atoms with E-state index in [1.54, 1.807) is 25.1 Å². The summed E-state index contributed by atoms with van der Waals surface area (Å²) in [5.41, 5.74) is 1.52. The smallest absolute Gasteiger partial charge is 0.242 e. The van der Waals surface area contributed by atoms with E-state index in [4.69, 9.17) is 23.2 Å². The molecular formula is C22H26Cl2N2O2. The first-order chi connectivity index (χ1) is 13.3. The van der Waals surface area contributed by atoms with Crippen LogP contribution in [0, 0.1) is 0 Å². The zero-order chi connectivity index (χ0) is 20.7. The molecule has 0 aliphatic carbocycles. The van der Waals surface area contributed by atoms with Gasteiger partial charge in [0, 0.05) is 28.2 Å². The lowest BCUT2D eigenvalue weighted by Gasteiger charge is -2.30. The van der Waals surface area contributed by atoms with Gasteiger partial charge < -0.3 is 10.2 Å². The van der Waals surface area contributed by atoms with Crippen molar-refractivity contribution < 1.29 is 9.59 Å². The zero-order valence-corrected chi connectivity index (χ0v) is 17.9. The van der Waals surface area contributed by atoms with Crippen LogP contribution in [-0.2, 0) is 22.6 Å². The summed E-state index contributed by atoms with van der Waals surface area (Å²) in [5, 5.41) is 3.89. The maximum Gasteiger partial charge on any atom is 0.242 e. The molecule has 2 atom stereocenters. The molecule has 0 saturated heterocycles. The topological polar surface area (TPSA) is 49.4 Å². The number of nitrogens with one attached hydrogen (secondary N) is 1. The predicted molar refractivity (Wildman–Crippen MR) is 115 cm³/mol. The second-order valence-corrected chi connectivity index (χ2v) is 7.69. The lowest BCUT2D eigenvalue weighted by atomic mass is 10.1. The van der Waals surface area contributed by atoms with Crippen LogP contribution in [-0.4, -0.2) is 28.8 Å². The number of carbonyl (C=O) groups is 2. The second kappa shape index (κ2) is 10.5. The minimum Gasteiger partial charge on any atom is -0.352 e. The van der Waals surface area contributed by atoms with Crippen molar-refractivity contribution in [2.24, 2.45) is 0 Å². The molecule has 6 heteroatoms. The number of nitrogens with zero attached hydrogens (tertiary/aromatic N) is 1. The minimum absolute atomic E-state index is 0.0323. The fourth-order valence-electron chi connectivity index (χ4n) is 2.77.